The lowest BCUT2D eigenvalue weighted by atomic mass is 10.2. The monoisotopic (exact) mass is 327 g/mol. The molecule has 0 aliphatic heterocycles. The highest BCUT2D eigenvalue weighted by Gasteiger charge is 2.15. The highest BCUT2D eigenvalue weighted by Crippen LogP contribution is 2.24. The van der Waals surface area contributed by atoms with E-state index in [0.29, 0.717) is 22.1 Å². The van der Waals surface area contributed by atoms with Gasteiger partial charge in [-0.15, -0.1) is 10.2 Å². The fourth-order valence-corrected chi connectivity index (χ4v) is 3.35. The Kier molecular flexibility index (Phi) is 3.19. The van der Waals surface area contributed by atoms with Gasteiger partial charge in [0.1, 0.15) is 5.76 Å². The summed E-state index contributed by atoms with van der Waals surface area (Å²) >= 11 is 1.50. The van der Waals surface area contributed by atoms with Crippen LogP contribution in [-0.4, -0.2) is 24.3 Å². The lowest BCUT2D eigenvalue weighted by Crippen LogP contribution is -2.20. The Bertz CT molecular complexity index is 1080. The molecule has 0 N–H and O–H groups in total. The summed E-state index contributed by atoms with van der Waals surface area (Å²) in [7, 11) is 1.70. The quantitative estimate of drug-likeness (QED) is 0.537. The van der Waals surface area contributed by atoms with Crippen LogP contribution in [0.25, 0.3) is 16.7 Å². The van der Waals surface area contributed by atoms with Gasteiger partial charge < -0.3 is 4.52 Å². The van der Waals surface area contributed by atoms with Crippen molar-refractivity contribution in [2.24, 2.45) is 7.05 Å². The van der Waals surface area contributed by atoms with Crippen molar-refractivity contribution in [2.45, 2.75) is 17.8 Å². The molecule has 0 radical (unpaired) electrons. The number of thioether (sulfide) groups is 1. The standard InChI is InChI=1S/C15H13N5O2S/c1-9-7-10(18-22-9)8-23-15-17-16-14-19(2)13(21)11-5-3-4-6-12(11)20(14)15/h3-7H,8H2,1-2H3. The van der Waals surface area contributed by atoms with Crippen molar-refractivity contribution in [1.82, 2.24) is 24.3 Å². The first-order valence-electron chi connectivity index (χ1n) is 7.03. The molecule has 0 aliphatic carbocycles. The van der Waals surface area contributed by atoms with E-state index in [2.05, 4.69) is 15.4 Å². The summed E-state index contributed by atoms with van der Waals surface area (Å²) in [5, 5.41) is 13.7. The van der Waals surface area contributed by atoms with Gasteiger partial charge in [-0.2, -0.15) is 0 Å². The van der Waals surface area contributed by atoms with Crippen LogP contribution >= 0.6 is 11.8 Å². The summed E-state index contributed by atoms with van der Waals surface area (Å²) in [5.74, 6) is 1.92. The van der Waals surface area contributed by atoms with Gasteiger partial charge in [0.25, 0.3) is 5.56 Å². The SMILES string of the molecule is Cc1cc(CSc2nnc3n(C)c(=O)c4ccccc4n23)no1. The first-order chi connectivity index (χ1) is 11.1. The minimum absolute atomic E-state index is 0.0795. The first kappa shape index (κ1) is 14.0. The zero-order valence-corrected chi connectivity index (χ0v) is 13.4. The minimum atomic E-state index is -0.0795. The average Bonchev–Trinajstić information content (AvgIpc) is 3.17. The molecule has 0 fully saturated rings. The van der Waals surface area contributed by atoms with E-state index in [1.807, 2.05) is 41.7 Å². The summed E-state index contributed by atoms with van der Waals surface area (Å²) < 4.78 is 8.49. The van der Waals surface area contributed by atoms with Gasteiger partial charge in [0.05, 0.1) is 16.6 Å². The predicted molar refractivity (Wildman–Crippen MR) is 86.5 cm³/mol. The molecule has 0 saturated carbocycles. The molecule has 7 nitrogen and oxygen atoms in total. The molecule has 0 atom stereocenters. The van der Waals surface area contributed by atoms with Crippen LogP contribution in [0.2, 0.25) is 0 Å². The Morgan fingerprint density at radius 3 is 2.87 bits per heavy atom. The van der Waals surface area contributed by atoms with Crippen molar-refractivity contribution < 1.29 is 4.52 Å². The lowest BCUT2D eigenvalue weighted by Gasteiger charge is -2.06. The van der Waals surface area contributed by atoms with E-state index in [4.69, 9.17) is 4.52 Å². The van der Waals surface area contributed by atoms with Crippen molar-refractivity contribution in [1.29, 1.82) is 0 Å². The van der Waals surface area contributed by atoms with Crippen LogP contribution in [0.15, 0.2) is 44.8 Å². The molecule has 23 heavy (non-hydrogen) atoms. The number of hydrogen-bond acceptors (Lipinski definition) is 6. The van der Waals surface area contributed by atoms with Crippen LogP contribution in [0, 0.1) is 6.92 Å². The summed E-state index contributed by atoms with van der Waals surface area (Å²) in [6.07, 6.45) is 0. The fraction of sp³-hybridized carbons (Fsp3) is 0.200. The number of nitrogens with zero attached hydrogens (tertiary/aromatic N) is 5. The van der Waals surface area contributed by atoms with Gasteiger partial charge in [-0.3, -0.25) is 13.8 Å². The second kappa shape index (κ2) is 5.24. The number of aromatic nitrogens is 5. The predicted octanol–water partition coefficient (Wildman–Crippen LogP) is 2.17. The van der Waals surface area contributed by atoms with Gasteiger partial charge in [-0.1, -0.05) is 29.1 Å². The molecule has 8 heteroatoms. The van der Waals surface area contributed by atoms with Crippen LogP contribution in [0.3, 0.4) is 0 Å². The number of rotatable bonds is 3. The summed E-state index contributed by atoms with van der Waals surface area (Å²) in [6, 6.07) is 9.36. The van der Waals surface area contributed by atoms with Crippen LogP contribution in [0.4, 0.5) is 0 Å². The van der Waals surface area contributed by atoms with Gasteiger partial charge in [0.2, 0.25) is 5.78 Å². The lowest BCUT2D eigenvalue weighted by molar-refractivity contribution is 0.393. The van der Waals surface area contributed by atoms with E-state index in [0.717, 1.165) is 17.0 Å². The number of fused-ring (bicyclic) bond motifs is 3. The molecule has 3 aromatic heterocycles. The number of benzene rings is 1. The molecule has 0 saturated heterocycles. The fourth-order valence-electron chi connectivity index (χ4n) is 2.53. The average molecular weight is 327 g/mol. The van der Waals surface area contributed by atoms with Gasteiger partial charge in [0.15, 0.2) is 5.16 Å². The van der Waals surface area contributed by atoms with Gasteiger partial charge in [-0.25, -0.2) is 0 Å². The zero-order valence-electron chi connectivity index (χ0n) is 12.6. The second-order valence-corrected chi connectivity index (χ2v) is 6.16. The van der Waals surface area contributed by atoms with E-state index < -0.39 is 0 Å². The van der Waals surface area contributed by atoms with E-state index in [-0.39, 0.29) is 5.56 Å². The maximum absolute atomic E-state index is 12.4. The third kappa shape index (κ3) is 2.22. The van der Waals surface area contributed by atoms with E-state index >= 15 is 0 Å². The van der Waals surface area contributed by atoms with Crippen LogP contribution in [0.5, 0.6) is 0 Å². The molecule has 4 rings (SSSR count). The maximum Gasteiger partial charge on any atom is 0.262 e. The molecular formula is C15H13N5O2S. The van der Waals surface area contributed by atoms with Crippen LogP contribution < -0.4 is 5.56 Å². The van der Waals surface area contributed by atoms with Crippen LogP contribution in [0.1, 0.15) is 11.5 Å². The van der Waals surface area contributed by atoms with E-state index in [1.54, 1.807) is 7.05 Å². The smallest absolute Gasteiger partial charge is 0.262 e. The molecule has 1 aromatic carbocycles. The molecule has 4 aromatic rings. The minimum Gasteiger partial charge on any atom is -0.361 e. The summed E-state index contributed by atoms with van der Waals surface area (Å²) in [4.78, 5) is 12.4. The third-order valence-electron chi connectivity index (χ3n) is 3.62. The number of aryl methyl sites for hydroxylation is 2. The Balaban J connectivity index is 1.86. The van der Waals surface area contributed by atoms with Crippen LogP contribution in [-0.2, 0) is 12.8 Å². The first-order valence-corrected chi connectivity index (χ1v) is 8.01. The van der Waals surface area contributed by atoms with Gasteiger partial charge >= 0.3 is 0 Å². The number of hydrogen-bond donors (Lipinski definition) is 0. The second-order valence-electron chi connectivity index (χ2n) is 5.22. The Labute approximate surface area is 134 Å². The maximum atomic E-state index is 12.4. The van der Waals surface area contributed by atoms with Crippen molar-refractivity contribution in [2.75, 3.05) is 0 Å². The molecule has 0 aliphatic rings. The topological polar surface area (TPSA) is 78.2 Å². The summed E-state index contributed by atoms with van der Waals surface area (Å²) in [6.45, 7) is 1.86. The molecular weight excluding hydrogens is 314 g/mol. The Hall–Kier alpha value is -2.61. The Morgan fingerprint density at radius 2 is 2.09 bits per heavy atom. The molecule has 0 amide bonds. The Morgan fingerprint density at radius 1 is 1.26 bits per heavy atom. The highest BCUT2D eigenvalue weighted by atomic mass is 32.2. The normalized spacial score (nSPS) is 11.6. The summed E-state index contributed by atoms with van der Waals surface area (Å²) in [5.41, 5.74) is 1.57. The van der Waals surface area contributed by atoms with Crippen molar-refractivity contribution in [3.05, 3.63) is 52.1 Å². The van der Waals surface area contributed by atoms with E-state index in [9.17, 15) is 4.79 Å². The van der Waals surface area contributed by atoms with E-state index in [1.165, 1.54) is 16.3 Å². The van der Waals surface area contributed by atoms with Crippen molar-refractivity contribution >= 4 is 28.4 Å². The molecule has 0 unspecified atom stereocenters. The van der Waals surface area contributed by atoms with Crippen molar-refractivity contribution in [3.63, 3.8) is 0 Å². The molecule has 0 spiro atoms. The number of para-hydroxylation sites is 1. The van der Waals surface area contributed by atoms with Gasteiger partial charge in [-0.05, 0) is 19.1 Å². The highest BCUT2D eigenvalue weighted by molar-refractivity contribution is 7.98. The van der Waals surface area contributed by atoms with Gasteiger partial charge in [0, 0.05) is 18.9 Å². The largest absolute Gasteiger partial charge is 0.361 e. The third-order valence-corrected chi connectivity index (χ3v) is 4.58. The van der Waals surface area contributed by atoms with Crippen molar-refractivity contribution in [3.8, 4) is 0 Å². The molecule has 3 heterocycles. The zero-order chi connectivity index (χ0) is 16.0. The molecule has 0 bridgehead atoms. The molecule has 116 valence electrons.